The van der Waals surface area contributed by atoms with E-state index in [0.29, 0.717) is 38.5 Å². The summed E-state index contributed by atoms with van der Waals surface area (Å²) < 4.78 is 25.0. The number of halogens is 1. The second-order valence-electron chi connectivity index (χ2n) is 7.42. The van der Waals surface area contributed by atoms with Gasteiger partial charge in [-0.3, -0.25) is 9.69 Å². The third kappa shape index (κ3) is 4.58. The molecule has 4 rings (SSSR count). The number of carbonyl (C=O) groups excluding carboxylic acids is 1. The van der Waals surface area contributed by atoms with Gasteiger partial charge in [0.15, 0.2) is 0 Å². The highest BCUT2D eigenvalue weighted by Gasteiger charge is 2.47. The normalized spacial score (nSPS) is 27.5. The third-order valence-electron chi connectivity index (χ3n) is 5.53. The number of nitrogens with zero attached hydrogens (tertiary/aromatic N) is 1. The van der Waals surface area contributed by atoms with Gasteiger partial charge < -0.3 is 19.9 Å². The molecule has 0 unspecified atom stereocenters. The first-order valence-electron chi connectivity index (χ1n) is 9.90. The number of amides is 1. The van der Waals surface area contributed by atoms with Crippen LogP contribution in [0.25, 0.3) is 0 Å². The van der Waals surface area contributed by atoms with E-state index in [2.05, 4.69) is 10.2 Å². The van der Waals surface area contributed by atoms with Gasteiger partial charge in [0.25, 0.3) is 5.91 Å². The van der Waals surface area contributed by atoms with Crippen molar-refractivity contribution in [1.82, 2.24) is 10.2 Å². The Kier molecular flexibility index (Phi) is 6.08. The first kappa shape index (κ1) is 19.8. The minimum absolute atomic E-state index is 0.257. The summed E-state index contributed by atoms with van der Waals surface area (Å²) in [5, 5.41) is 14.0. The molecule has 154 valence electrons. The van der Waals surface area contributed by atoms with E-state index in [1.54, 1.807) is 6.07 Å². The van der Waals surface area contributed by atoms with E-state index in [1.165, 1.54) is 18.2 Å². The summed E-state index contributed by atoms with van der Waals surface area (Å²) in [5.41, 5.74) is 0.257. The average Bonchev–Trinajstić information content (AvgIpc) is 3.04. The van der Waals surface area contributed by atoms with E-state index >= 15 is 0 Å². The van der Waals surface area contributed by atoms with Crippen LogP contribution in [0.15, 0.2) is 54.6 Å². The Balaban J connectivity index is 1.52. The molecule has 1 heterocycles. The molecule has 1 saturated heterocycles. The zero-order valence-corrected chi connectivity index (χ0v) is 16.0. The van der Waals surface area contributed by atoms with Gasteiger partial charge in [0, 0.05) is 25.1 Å². The van der Waals surface area contributed by atoms with Crippen LogP contribution in [0.4, 0.5) is 4.39 Å². The number of ether oxygens (including phenoxy) is 2. The smallest absolute Gasteiger partial charge is 0.251 e. The van der Waals surface area contributed by atoms with Crippen molar-refractivity contribution in [2.24, 2.45) is 0 Å². The van der Waals surface area contributed by atoms with E-state index < -0.39 is 18.0 Å². The second-order valence-corrected chi connectivity index (χ2v) is 7.42. The number of aliphatic hydroxyl groups excluding tert-OH is 1. The summed E-state index contributed by atoms with van der Waals surface area (Å²) in [6, 6.07) is 14.3. The Morgan fingerprint density at radius 3 is 2.62 bits per heavy atom. The molecule has 1 aliphatic heterocycles. The molecule has 1 amide bonds. The highest BCUT2D eigenvalue weighted by atomic mass is 19.1. The molecule has 4 atom stereocenters. The van der Waals surface area contributed by atoms with Crippen LogP contribution in [0, 0.1) is 5.82 Å². The predicted molar refractivity (Wildman–Crippen MR) is 105 cm³/mol. The van der Waals surface area contributed by atoms with Crippen molar-refractivity contribution in [1.29, 1.82) is 0 Å². The van der Waals surface area contributed by atoms with E-state index in [-0.39, 0.29) is 23.6 Å². The van der Waals surface area contributed by atoms with Crippen LogP contribution in [0.3, 0.4) is 0 Å². The molecule has 2 aliphatic rings. The average molecular weight is 400 g/mol. The molecule has 2 aromatic carbocycles. The molecule has 0 radical (unpaired) electrons. The maximum Gasteiger partial charge on any atom is 0.251 e. The van der Waals surface area contributed by atoms with Crippen molar-refractivity contribution in [3.8, 4) is 5.75 Å². The molecule has 1 saturated carbocycles. The molecule has 2 N–H and O–H groups in total. The summed E-state index contributed by atoms with van der Waals surface area (Å²) in [7, 11) is 0. The number of morpholine rings is 1. The minimum atomic E-state index is -0.772. The van der Waals surface area contributed by atoms with Gasteiger partial charge in [0.05, 0.1) is 25.3 Å². The largest absolute Gasteiger partial charge is 0.488 e. The first-order valence-corrected chi connectivity index (χ1v) is 9.90. The van der Waals surface area contributed by atoms with Gasteiger partial charge in [-0.1, -0.05) is 24.3 Å². The fourth-order valence-corrected chi connectivity index (χ4v) is 4.15. The number of nitrogens with one attached hydrogen (secondary N) is 1. The quantitative estimate of drug-likeness (QED) is 0.802. The van der Waals surface area contributed by atoms with Crippen molar-refractivity contribution in [2.45, 2.75) is 30.7 Å². The summed E-state index contributed by atoms with van der Waals surface area (Å²) in [4.78, 5) is 14.8. The lowest BCUT2D eigenvalue weighted by Crippen LogP contribution is -2.56. The SMILES string of the molecule is O=C(N[C@@H]1C[C@@H](Oc2ccccc2)[C@H](O)[C@H]1N1CCOCC1)c1cccc(F)c1. The predicted octanol–water partition coefficient (Wildman–Crippen LogP) is 1.84. The van der Waals surface area contributed by atoms with Crippen LogP contribution >= 0.6 is 0 Å². The molecule has 0 spiro atoms. The zero-order chi connectivity index (χ0) is 20.2. The lowest BCUT2D eigenvalue weighted by molar-refractivity contribution is -0.0350. The van der Waals surface area contributed by atoms with Crippen LogP contribution in [0.1, 0.15) is 16.8 Å². The van der Waals surface area contributed by atoms with Crippen LogP contribution in [-0.4, -0.2) is 66.5 Å². The number of rotatable bonds is 5. The molecule has 2 fully saturated rings. The highest BCUT2D eigenvalue weighted by Crippen LogP contribution is 2.30. The topological polar surface area (TPSA) is 71.0 Å². The van der Waals surface area contributed by atoms with Gasteiger partial charge in [0.1, 0.15) is 23.8 Å². The molecule has 0 aromatic heterocycles. The third-order valence-corrected chi connectivity index (χ3v) is 5.53. The molecule has 0 bridgehead atoms. The van der Waals surface area contributed by atoms with Gasteiger partial charge in [-0.25, -0.2) is 4.39 Å². The van der Waals surface area contributed by atoms with Gasteiger partial charge in [-0.05, 0) is 30.3 Å². The highest BCUT2D eigenvalue weighted by molar-refractivity contribution is 5.94. The summed E-state index contributed by atoms with van der Waals surface area (Å²) >= 11 is 0. The van der Waals surface area contributed by atoms with Crippen molar-refractivity contribution < 1.29 is 23.8 Å². The Bertz CT molecular complexity index is 829. The maximum atomic E-state index is 13.5. The van der Waals surface area contributed by atoms with Gasteiger partial charge >= 0.3 is 0 Å². The van der Waals surface area contributed by atoms with E-state index in [1.807, 2.05) is 30.3 Å². The van der Waals surface area contributed by atoms with Gasteiger partial charge in [-0.15, -0.1) is 0 Å². The standard InChI is InChI=1S/C22H25FN2O4/c23-16-6-4-5-15(13-16)22(27)24-18-14-19(29-17-7-2-1-3-8-17)21(26)20(18)25-9-11-28-12-10-25/h1-8,13,18-21,26H,9-12,14H2,(H,24,27)/t18-,19-,20+,21+/m1/s1. The van der Waals surface area contributed by atoms with Gasteiger partial charge in [0.2, 0.25) is 0 Å². The lowest BCUT2D eigenvalue weighted by atomic mass is 10.1. The van der Waals surface area contributed by atoms with Gasteiger partial charge in [-0.2, -0.15) is 0 Å². The second kappa shape index (κ2) is 8.90. The molecule has 2 aromatic rings. The molecule has 7 heteroatoms. The van der Waals surface area contributed by atoms with Crippen molar-refractivity contribution in [2.75, 3.05) is 26.3 Å². The Morgan fingerprint density at radius 1 is 1.14 bits per heavy atom. The lowest BCUT2D eigenvalue weighted by Gasteiger charge is -2.37. The van der Waals surface area contributed by atoms with E-state index in [9.17, 15) is 14.3 Å². The number of carbonyl (C=O) groups is 1. The van der Waals surface area contributed by atoms with Crippen LogP contribution in [0.5, 0.6) is 5.75 Å². The fraction of sp³-hybridized carbons (Fsp3) is 0.409. The summed E-state index contributed by atoms with van der Waals surface area (Å²) in [5.74, 6) is -0.145. The van der Waals surface area contributed by atoms with Crippen LogP contribution in [0.2, 0.25) is 0 Å². The molecule has 29 heavy (non-hydrogen) atoms. The van der Waals surface area contributed by atoms with Crippen LogP contribution < -0.4 is 10.1 Å². The summed E-state index contributed by atoms with van der Waals surface area (Å²) in [6.07, 6.45) is -0.770. The zero-order valence-electron chi connectivity index (χ0n) is 16.0. The minimum Gasteiger partial charge on any atom is -0.488 e. The van der Waals surface area contributed by atoms with Crippen molar-refractivity contribution >= 4 is 5.91 Å². The monoisotopic (exact) mass is 400 g/mol. The molecular weight excluding hydrogens is 375 g/mol. The Labute approximate surface area is 169 Å². The molecular formula is C22H25FN2O4. The number of para-hydroxylation sites is 1. The van der Waals surface area contributed by atoms with E-state index in [0.717, 1.165) is 0 Å². The van der Waals surface area contributed by atoms with Crippen molar-refractivity contribution in [3.63, 3.8) is 0 Å². The van der Waals surface area contributed by atoms with Crippen LogP contribution in [-0.2, 0) is 4.74 Å². The number of aliphatic hydroxyl groups is 1. The Morgan fingerprint density at radius 2 is 1.90 bits per heavy atom. The fourth-order valence-electron chi connectivity index (χ4n) is 4.15. The number of hydrogen-bond donors (Lipinski definition) is 2. The van der Waals surface area contributed by atoms with Crippen molar-refractivity contribution in [3.05, 3.63) is 66.0 Å². The Hall–Kier alpha value is -2.48. The number of benzene rings is 2. The number of hydrogen-bond acceptors (Lipinski definition) is 5. The maximum absolute atomic E-state index is 13.5. The first-order chi connectivity index (χ1) is 14.1. The van der Waals surface area contributed by atoms with E-state index in [4.69, 9.17) is 9.47 Å². The summed E-state index contributed by atoms with van der Waals surface area (Å²) in [6.45, 7) is 2.51. The molecule has 1 aliphatic carbocycles. The molecule has 6 nitrogen and oxygen atoms in total.